The standard InChI is InChI=1S/C33H43ClN4O4/c1-32(2,35)19-26-17-23(9-10-25(26)20-38-15-13-33(14-16-38,21-41-3)31(39)40)29-36-30(42-37-29)24-11-12-27(28(34)18-24)22-7-5-4-6-8-22/h9-12,17-18,22H,4-8,13-16,19-21,35H2,1-3H3,(H,39,40). The molecular weight excluding hydrogens is 552 g/mol. The number of halogens is 1. The number of ether oxygens (including phenoxy) is 1. The van der Waals surface area contributed by atoms with E-state index in [1.165, 1.54) is 43.2 Å². The lowest BCUT2D eigenvalue weighted by atomic mass is 9.79. The molecule has 5 rings (SSSR count). The summed E-state index contributed by atoms with van der Waals surface area (Å²) in [5.41, 5.74) is 10.4. The number of carbonyl (C=O) groups is 1. The normalized spacial score (nSPS) is 18.3. The van der Waals surface area contributed by atoms with Gasteiger partial charge in [-0.15, -0.1) is 0 Å². The third kappa shape index (κ3) is 7.05. The van der Waals surface area contributed by atoms with E-state index in [0.29, 0.717) is 50.0 Å². The maximum atomic E-state index is 12.0. The van der Waals surface area contributed by atoms with Crippen LogP contribution in [0.5, 0.6) is 0 Å². The van der Waals surface area contributed by atoms with Gasteiger partial charge in [-0.2, -0.15) is 4.98 Å². The van der Waals surface area contributed by atoms with Crippen molar-refractivity contribution in [3.05, 3.63) is 58.1 Å². The molecule has 1 saturated heterocycles. The molecule has 2 fully saturated rings. The van der Waals surface area contributed by atoms with Crippen LogP contribution < -0.4 is 5.73 Å². The first kappa shape index (κ1) is 30.7. The van der Waals surface area contributed by atoms with E-state index in [2.05, 4.69) is 28.3 Å². The highest BCUT2D eigenvalue weighted by molar-refractivity contribution is 6.31. The van der Waals surface area contributed by atoms with E-state index in [9.17, 15) is 9.90 Å². The van der Waals surface area contributed by atoms with Gasteiger partial charge < -0.3 is 20.1 Å². The minimum Gasteiger partial charge on any atom is -0.481 e. The lowest BCUT2D eigenvalue weighted by molar-refractivity contribution is -0.156. The van der Waals surface area contributed by atoms with Gasteiger partial charge in [0, 0.05) is 35.3 Å². The summed E-state index contributed by atoms with van der Waals surface area (Å²) < 4.78 is 10.9. The Kier molecular flexibility index (Phi) is 9.38. The van der Waals surface area contributed by atoms with Crippen molar-refractivity contribution in [2.45, 2.75) is 83.2 Å². The Bertz CT molecular complexity index is 1380. The van der Waals surface area contributed by atoms with Crippen molar-refractivity contribution >= 4 is 17.6 Å². The fourth-order valence-electron chi connectivity index (χ4n) is 6.51. The fraction of sp³-hybridized carbons (Fsp3) is 0.545. The van der Waals surface area contributed by atoms with Gasteiger partial charge in [-0.1, -0.05) is 54.2 Å². The molecule has 3 aromatic rings. The molecule has 8 nitrogen and oxygen atoms in total. The van der Waals surface area contributed by atoms with E-state index in [4.69, 9.17) is 31.6 Å². The first-order valence-electron chi connectivity index (χ1n) is 15.1. The number of aromatic nitrogens is 2. The fourth-order valence-corrected chi connectivity index (χ4v) is 6.85. The number of carboxylic acid groups (broad SMARTS) is 1. The third-order valence-electron chi connectivity index (χ3n) is 8.91. The van der Waals surface area contributed by atoms with Crippen LogP contribution in [-0.4, -0.2) is 58.5 Å². The SMILES string of the molecule is COCC1(C(=O)O)CCN(Cc2ccc(-c3noc(-c4ccc(C5CCCCC5)c(Cl)c4)n3)cc2CC(C)(C)N)CC1. The molecule has 0 spiro atoms. The Labute approximate surface area is 253 Å². The number of likely N-dealkylation sites (tertiary alicyclic amines) is 1. The molecule has 0 atom stereocenters. The number of piperidine rings is 1. The Hall–Kier alpha value is -2.78. The third-order valence-corrected chi connectivity index (χ3v) is 9.24. The number of aliphatic carboxylic acids is 1. The second-order valence-electron chi connectivity index (χ2n) is 12.9. The summed E-state index contributed by atoms with van der Waals surface area (Å²) >= 11 is 6.72. The van der Waals surface area contributed by atoms with Crippen molar-refractivity contribution in [2.75, 3.05) is 26.8 Å². The molecule has 1 aliphatic heterocycles. The molecule has 226 valence electrons. The number of nitrogens with zero attached hydrogens (tertiary/aromatic N) is 3. The summed E-state index contributed by atoms with van der Waals surface area (Å²) in [4.78, 5) is 19.0. The van der Waals surface area contributed by atoms with Gasteiger partial charge in [0.1, 0.15) is 0 Å². The first-order valence-corrected chi connectivity index (χ1v) is 15.4. The molecule has 1 saturated carbocycles. The summed E-state index contributed by atoms with van der Waals surface area (Å²) in [6.45, 7) is 6.38. The predicted molar refractivity (Wildman–Crippen MR) is 164 cm³/mol. The van der Waals surface area contributed by atoms with Crippen molar-refractivity contribution in [1.29, 1.82) is 0 Å². The molecule has 2 heterocycles. The molecule has 0 amide bonds. The average molecular weight is 595 g/mol. The van der Waals surface area contributed by atoms with Crippen molar-refractivity contribution in [3.8, 4) is 22.8 Å². The van der Waals surface area contributed by atoms with E-state index in [1.807, 2.05) is 32.0 Å². The van der Waals surface area contributed by atoms with Crippen LogP contribution in [0.2, 0.25) is 5.02 Å². The minimum atomic E-state index is -0.812. The van der Waals surface area contributed by atoms with E-state index >= 15 is 0 Å². The van der Waals surface area contributed by atoms with Crippen LogP contribution in [0.15, 0.2) is 40.9 Å². The molecular formula is C33H43ClN4O4. The summed E-state index contributed by atoms with van der Waals surface area (Å²) in [7, 11) is 1.56. The lowest BCUT2D eigenvalue weighted by Crippen LogP contribution is -2.46. The maximum Gasteiger partial charge on any atom is 0.312 e. The first-order chi connectivity index (χ1) is 20.1. The van der Waals surface area contributed by atoms with Gasteiger partial charge in [-0.05, 0) is 99.8 Å². The van der Waals surface area contributed by atoms with Crippen LogP contribution in [0.25, 0.3) is 22.8 Å². The molecule has 3 N–H and O–H groups in total. The largest absolute Gasteiger partial charge is 0.481 e. The molecule has 9 heteroatoms. The number of methoxy groups -OCH3 is 1. The molecule has 2 aliphatic rings. The van der Waals surface area contributed by atoms with E-state index in [0.717, 1.165) is 28.3 Å². The molecule has 1 aliphatic carbocycles. The van der Waals surface area contributed by atoms with Crippen molar-refractivity contribution in [2.24, 2.45) is 11.1 Å². The zero-order chi connectivity index (χ0) is 29.9. The van der Waals surface area contributed by atoms with Gasteiger partial charge in [-0.25, -0.2) is 0 Å². The molecule has 1 aromatic heterocycles. The highest BCUT2D eigenvalue weighted by atomic mass is 35.5. The quantitative estimate of drug-likeness (QED) is 0.266. The average Bonchev–Trinajstić information content (AvgIpc) is 3.45. The number of carboxylic acids is 1. The van der Waals surface area contributed by atoms with Crippen LogP contribution in [0.1, 0.15) is 81.4 Å². The molecule has 0 radical (unpaired) electrons. The second-order valence-corrected chi connectivity index (χ2v) is 13.3. The van der Waals surface area contributed by atoms with Crippen molar-refractivity contribution < 1.29 is 19.2 Å². The topological polar surface area (TPSA) is 115 Å². The van der Waals surface area contributed by atoms with Crippen LogP contribution in [0.3, 0.4) is 0 Å². The number of hydrogen-bond acceptors (Lipinski definition) is 7. The van der Waals surface area contributed by atoms with Crippen LogP contribution in [0, 0.1) is 5.41 Å². The number of hydrogen-bond donors (Lipinski definition) is 2. The predicted octanol–water partition coefficient (Wildman–Crippen LogP) is 6.70. The van der Waals surface area contributed by atoms with Gasteiger partial charge >= 0.3 is 5.97 Å². The molecule has 2 aromatic carbocycles. The Balaban J connectivity index is 1.34. The Morgan fingerprint density at radius 1 is 1.12 bits per heavy atom. The lowest BCUT2D eigenvalue weighted by Gasteiger charge is -2.38. The Morgan fingerprint density at radius 2 is 1.83 bits per heavy atom. The van der Waals surface area contributed by atoms with Crippen molar-refractivity contribution in [1.82, 2.24) is 15.0 Å². The summed E-state index contributed by atoms with van der Waals surface area (Å²) in [5.74, 6) is 0.708. The van der Waals surface area contributed by atoms with Crippen molar-refractivity contribution in [3.63, 3.8) is 0 Å². The second kappa shape index (κ2) is 12.8. The molecule has 42 heavy (non-hydrogen) atoms. The van der Waals surface area contributed by atoms with Gasteiger partial charge in [0.15, 0.2) is 0 Å². The monoisotopic (exact) mass is 594 g/mol. The van der Waals surface area contributed by atoms with Crippen LogP contribution in [-0.2, 0) is 22.5 Å². The smallest absolute Gasteiger partial charge is 0.312 e. The summed E-state index contributed by atoms with van der Waals surface area (Å²) in [5, 5.41) is 14.9. The van der Waals surface area contributed by atoms with Crippen LogP contribution >= 0.6 is 11.6 Å². The van der Waals surface area contributed by atoms with Gasteiger partial charge in [-0.3, -0.25) is 9.69 Å². The number of rotatable bonds is 10. The van der Waals surface area contributed by atoms with Gasteiger partial charge in [0.2, 0.25) is 5.82 Å². The summed E-state index contributed by atoms with van der Waals surface area (Å²) in [6, 6.07) is 12.3. The number of nitrogens with two attached hydrogens (primary N) is 1. The van der Waals surface area contributed by atoms with E-state index < -0.39 is 16.9 Å². The zero-order valence-corrected chi connectivity index (χ0v) is 25.8. The zero-order valence-electron chi connectivity index (χ0n) is 25.0. The summed E-state index contributed by atoms with van der Waals surface area (Å²) in [6.07, 6.45) is 8.00. The van der Waals surface area contributed by atoms with Gasteiger partial charge in [0.25, 0.3) is 5.89 Å². The highest BCUT2D eigenvalue weighted by Gasteiger charge is 2.41. The highest BCUT2D eigenvalue weighted by Crippen LogP contribution is 2.38. The van der Waals surface area contributed by atoms with Crippen LogP contribution in [0.4, 0.5) is 0 Å². The Morgan fingerprint density at radius 3 is 2.48 bits per heavy atom. The number of benzene rings is 2. The minimum absolute atomic E-state index is 0.237. The van der Waals surface area contributed by atoms with Gasteiger partial charge in [0.05, 0.1) is 12.0 Å². The maximum absolute atomic E-state index is 12.0. The van der Waals surface area contributed by atoms with E-state index in [1.54, 1.807) is 7.11 Å². The van der Waals surface area contributed by atoms with E-state index in [-0.39, 0.29) is 6.61 Å². The molecule has 0 unspecified atom stereocenters. The molecule has 0 bridgehead atoms.